The number of hydrogen-bond donors (Lipinski definition) is 0. The van der Waals surface area contributed by atoms with Gasteiger partial charge in [-0.1, -0.05) is 42.5 Å². The van der Waals surface area contributed by atoms with Crippen LogP contribution in [-0.4, -0.2) is 9.97 Å². The molecule has 0 unspecified atom stereocenters. The Morgan fingerprint density at radius 2 is 1.46 bits per heavy atom. The van der Waals surface area contributed by atoms with Crippen molar-refractivity contribution < 1.29 is 0 Å². The van der Waals surface area contributed by atoms with E-state index < -0.39 is 0 Å². The van der Waals surface area contributed by atoms with Gasteiger partial charge < -0.3 is 0 Å². The lowest BCUT2D eigenvalue weighted by atomic mass is 9.97. The van der Waals surface area contributed by atoms with E-state index in [2.05, 4.69) is 34.2 Å². The van der Waals surface area contributed by atoms with Crippen LogP contribution in [0.1, 0.15) is 11.4 Å². The maximum absolute atomic E-state index is 9.30. The molecule has 4 nitrogen and oxygen atoms in total. The Morgan fingerprint density at radius 1 is 0.750 bits per heavy atom. The lowest BCUT2D eigenvalue weighted by Gasteiger charge is -2.07. The van der Waals surface area contributed by atoms with Gasteiger partial charge in [0, 0.05) is 16.5 Å². The molecule has 0 saturated heterocycles. The quantitative estimate of drug-likeness (QED) is 0.402. The highest BCUT2D eigenvalue weighted by Crippen LogP contribution is 2.48. The number of rotatable bonds is 0. The molecule has 1 aromatic heterocycles. The Labute approximate surface area is 137 Å². The number of benzene rings is 3. The summed E-state index contributed by atoms with van der Waals surface area (Å²) in [5.74, 6) is 0. The summed E-state index contributed by atoms with van der Waals surface area (Å²) in [6.45, 7) is 0. The number of fused-ring (bicyclic) bond motifs is 5. The van der Waals surface area contributed by atoms with E-state index in [1.807, 2.05) is 36.4 Å². The average Bonchev–Trinajstić information content (AvgIpc) is 2.96. The summed E-state index contributed by atoms with van der Waals surface area (Å²) in [4.78, 5) is 8.93. The number of hydrogen-bond acceptors (Lipinski definition) is 4. The smallest absolute Gasteiger partial charge is 0.177 e. The zero-order chi connectivity index (χ0) is 16.3. The fraction of sp³-hybridized carbons (Fsp3) is 0. The summed E-state index contributed by atoms with van der Waals surface area (Å²) < 4.78 is 0. The van der Waals surface area contributed by atoms with Gasteiger partial charge in [-0.3, -0.25) is 0 Å². The van der Waals surface area contributed by atoms with Crippen LogP contribution in [0.4, 0.5) is 0 Å². The number of aromatic nitrogens is 2. The average molecular weight is 304 g/mol. The molecule has 4 aromatic rings. The Morgan fingerprint density at radius 3 is 2.25 bits per heavy atom. The van der Waals surface area contributed by atoms with Crippen LogP contribution in [0.15, 0.2) is 48.5 Å². The lowest BCUT2D eigenvalue weighted by Crippen LogP contribution is -1.97. The van der Waals surface area contributed by atoms with E-state index in [0.29, 0.717) is 11.4 Å². The van der Waals surface area contributed by atoms with Gasteiger partial charge in [-0.2, -0.15) is 10.5 Å². The summed E-state index contributed by atoms with van der Waals surface area (Å²) in [6.07, 6.45) is 0. The normalized spacial score (nSPS) is 11.2. The first-order chi connectivity index (χ1) is 11.8. The van der Waals surface area contributed by atoms with Crippen LogP contribution in [0.5, 0.6) is 0 Å². The van der Waals surface area contributed by atoms with E-state index in [9.17, 15) is 10.5 Å². The molecule has 0 N–H and O–H groups in total. The zero-order valence-corrected chi connectivity index (χ0v) is 12.4. The summed E-state index contributed by atoms with van der Waals surface area (Å²) in [5, 5.41) is 23.0. The predicted molar refractivity (Wildman–Crippen MR) is 90.9 cm³/mol. The van der Waals surface area contributed by atoms with Gasteiger partial charge in [0.2, 0.25) is 0 Å². The van der Waals surface area contributed by atoms with Crippen molar-refractivity contribution in [2.75, 3.05) is 0 Å². The van der Waals surface area contributed by atoms with Gasteiger partial charge in [0.15, 0.2) is 11.4 Å². The summed E-state index contributed by atoms with van der Waals surface area (Å²) in [5.41, 5.74) is 3.49. The van der Waals surface area contributed by atoms with Crippen molar-refractivity contribution in [3.05, 3.63) is 59.9 Å². The zero-order valence-electron chi connectivity index (χ0n) is 12.4. The third-order valence-corrected chi connectivity index (χ3v) is 4.49. The molecule has 1 aliphatic rings. The molecule has 3 aromatic carbocycles. The largest absolute Gasteiger partial charge is 0.232 e. The van der Waals surface area contributed by atoms with Gasteiger partial charge in [-0.25, -0.2) is 9.97 Å². The molecule has 1 heterocycles. The predicted octanol–water partition coefficient (Wildman–Crippen LogP) is 4.17. The molecule has 1 aliphatic carbocycles. The third-order valence-electron chi connectivity index (χ3n) is 4.49. The molecule has 0 saturated carbocycles. The molecule has 24 heavy (non-hydrogen) atoms. The molecule has 0 atom stereocenters. The minimum absolute atomic E-state index is 0.0742. The van der Waals surface area contributed by atoms with E-state index in [0.717, 1.165) is 32.7 Å². The van der Waals surface area contributed by atoms with Crippen molar-refractivity contribution >= 4 is 21.5 Å². The second kappa shape index (κ2) is 4.38. The summed E-state index contributed by atoms with van der Waals surface area (Å²) >= 11 is 0. The van der Waals surface area contributed by atoms with E-state index in [4.69, 9.17) is 0 Å². The molecule has 108 valence electrons. The standard InChI is InChI=1S/C20H8N4/c21-9-15-16(10-22)24-20-18-13-6-2-1-4-11(13)8-12-5-3-7-14(17(12)18)19(20)23-15/h1-8H. The van der Waals surface area contributed by atoms with Crippen molar-refractivity contribution in [2.24, 2.45) is 0 Å². The molecule has 4 heteroatoms. The number of nitrogens with zero attached hydrogens (tertiary/aromatic N) is 4. The van der Waals surface area contributed by atoms with Gasteiger partial charge in [0.05, 0.1) is 11.4 Å². The van der Waals surface area contributed by atoms with Gasteiger partial charge >= 0.3 is 0 Å². The summed E-state index contributed by atoms with van der Waals surface area (Å²) in [6, 6.07) is 20.3. The SMILES string of the molecule is N#Cc1nc2c(nc1C#N)-c1c3ccccc3cc3cccc-2c13. The van der Waals surface area contributed by atoms with Crippen molar-refractivity contribution in [3.8, 4) is 34.7 Å². The second-order valence-corrected chi connectivity index (χ2v) is 5.72. The van der Waals surface area contributed by atoms with Crippen LogP contribution >= 0.6 is 0 Å². The van der Waals surface area contributed by atoms with E-state index in [-0.39, 0.29) is 11.4 Å². The van der Waals surface area contributed by atoms with Crippen LogP contribution < -0.4 is 0 Å². The molecular weight excluding hydrogens is 296 g/mol. The van der Waals surface area contributed by atoms with E-state index in [1.54, 1.807) is 0 Å². The van der Waals surface area contributed by atoms with Crippen molar-refractivity contribution in [3.63, 3.8) is 0 Å². The minimum Gasteiger partial charge on any atom is -0.232 e. The summed E-state index contributed by atoms with van der Waals surface area (Å²) in [7, 11) is 0. The molecule has 0 bridgehead atoms. The Balaban J connectivity index is 2.06. The highest BCUT2D eigenvalue weighted by atomic mass is 14.9. The van der Waals surface area contributed by atoms with Gasteiger partial charge in [0.1, 0.15) is 12.1 Å². The Bertz CT molecular complexity index is 1270. The van der Waals surface area contributed by atoms with Crippen molar-refractivity contribution in [1.29, 1.82) is 10.5 Å². The number of nitriles is 2. The van der Waals surface area contributed by atoms with Crippen LogP contribution in [0.3, 0.4) is 0 Å². The fourth-order valence-corrected chi connectivity index (χ4v) is 3.52. The minimum atomic E-state index is 0.0742. The van der Waals surface area contributed by atoms with Crippen LogP contribution in [0, 0.1) is 22.7 Å². The molecule has 0 amide bonds. The highest BCUT2D eigenvalue weighted by molar-refractivity contribution is 6.22. The molecule has 0 spiro atoms. The first kappa shape index (κ1) is 12.8. The second-order valence-electron chi connectivity index (χ2n) is 5.72. The van der Waals surface area contributed by atoms with E-state index >= 15 is 0 Å². The molecule has 0 fully saturated rings. The molecule has 5 rings (SSSR count). The van der Waals surface area contributed by atoms with Crippen LogP contribution in [0.25, 0.3) is 44.1 Å². The first-order valence-corrected chi connectivity index (χ1v) is 7.49. The molecular formula is C20H8N4. The highest BCUT2D eigenvalue weighted by Gasteiger charge is 2.28. The van der Waals surface area contributed by atoms with Crippen LogP contribution in [-0.2, 0) is 0 Å². The van der Waals surface area contributed by atoms with E-state index in [1.165, 1.54) is 0 Å². The van der Waals surface area contributed by atoms with Gasteiger partial charge in [-0.05, 0) is 22.2 Å². The van der Waals surface area contributed by atoms with Crippen LogP contribution in [0.2, 0.25) is 0 Å². The fourth-order valence-electron chi connectivity index (χ4n) is 3.52. The topological polar surface area (TPSA) is 73.4 Å². The van der Waals surface area contributed by atoms with Crippen molar-refractivity contribution in [1.82, 2.24) is 9.97 Å². The van der Waals surface area contributed by atoms with Gasteiger partial charge in [-0.15, -0.1) is 0 Å². The van der Waals surface area contributed by atoms with Crippen molar-refractivity contribution in [2.45, 2.75) is 0 Å². The molecule has 0 radical (unpaired) electrons. The Hall–Kier alpha value is -3.76. The molecule has 0 aliphatic heterocycles. The maximum atomic E-state index is 9.30. The monoisotopic (exact) mass is 304 g/mol. The lowest BCUT2D eigenvalue weighted by molar-refractivity contribution is 1.15. The first-order valence-electron chi connectivity index (χ1n) is 7.49. The Kier molecular flexibility index (Phi) is 2.33. The third kappa shape index (κ3) is 1.45. The van der Waals surface area contributed by atoms with Gasteiger partial charge in [0.25, 0.3) is 0 Å². The maximum Gasteiger partial charge on any atom is 0.177 e.